The van der Waals surface area contributed by atoms with Gasteiger partial charge in [0.25, 0.3) is 5.91 Å². The van der Waals surface area contributed by atoms with E-state index in [2.05, 4.69) is 15.4 Å². The highest BCUT2D eigenvalue weighted by Gasteiger charge is 2.47. The van der Waals surface area contributed by atoms with Gasteiger partial charge in [-0.3, -0.25) is 4.79 Å². The average Bonchev–Trinajstić information content (AvgIpc) is 3.19. The van der Waals surface area contributed by atoms with Gasteiger partial charge in [0.05, 0.1) is 12.7 Å². The average molecular weight is 308 g/mol. The Hall–Kier alpha value is -1.47. The number of amides is 1. The van der Waals surface area contributed by atoms with E-state index >= 15 is 0 Å². The summed E-state index contributed by atoms with van der Waals surface area (Å²) in [6.07, 6.45) is 6.46. The van der Waals surface area contributed by atoms with E-state index in [-0.39, 0.29) is 12.5 Å². The van der Waals surface area contributed by atoms with Crippen molar-refractivity contribution in [3.63, 3.8) is 0 Å². The first-order valence-corrected chi connectivity index (χ1v) is 8.12. The van der Waals surface area contributed by atoms with Gasteiger partial charge in [-0.1, -0.05) is 0 Å². The topological polar surface area (TPSA) is 91.3 Å². The summed E-state index contributed by atoms with van der Waals surface area (Å²) >= 11 is 0. The third-order valence-electron chi connectivity index (χ3n) is 4.87. The molecule has 1 saturated carbocycles. The van der Waals surface area contributed by atoms with Crippen LogP contribution in [0.3, 0.4) is 0 Å². The molecule has 0 aromatic carbocycles. The number of hydrogen-bond donors (Lipinski definition) is 2. The third kappa shape index (κ3) is 2.63. The summed E-state index contributed by atoms with van der Waals surface area (Å²) in [5.41, 5.74) is -1.30. The second-order valence-electron chi connectivity index (χ2n) is 6.35. The Morgan fingerprint density at radius 2 is 2.18 bits per heavy atom. The maximum Gasteiger partial charge on any atom is 0.254 e. The number of hydrogen-bond acceptors (Lipinski definition) is 5. The molecule has 0 bridgehead atoms. The number of rotatable bonds is 4. The molecule has 0 radical (unpaired) electrons. The molecule has 1 aliphatic heterocycles. The summed E-state index contributed by atoms with van der Waals surface area (Å²) in [6, 6.07) is 0. The molecule has 1 aliphatic carbocycles. The number of aromatic nitrogens is 3. The van der Waals surface area contributed by atoms with Gasteiger partial charge in [-0.25, -0.2) is 0 Å². The highest BCUT2D eigenvalue weighted by atomic mass is 16.5. The number of carbonyl (C=O) groups excluding carboxylic acids is 1. The molecular weight excluding hydrogens is 284 g/mol. The molecule has 7 heteroatoms. The van der Waals surface area contributed by atoms with E-state index in [0.29, 0.717) is 25.3 Å². The van der Waals surface area contributed by atoms with Crippen molar-refractivity contribution in [2.24, 2.45) is 0 Å². The first-order valence-electron chi connectivity index (χ1n) is 8.12. The Kier molecular flexibility index (Phi) is 4.18. The number of H-pyrrole nitrogens is 1. The van der Waals surface area contributed by atoms with Crippen LogP contribution in [-0.2, 0) is 15.1 Å². The van der Waals surface area contributed by atoms with E-state index in [9.17, 15) is 9.90 Å². The lowest BCUT2D eigenvalue weighted by molar-refractivity contribution is -0.164. The number of carbonyl (C=O) groups is 1. The fourth-order valence-electron chi connectivity index (χ4n) is 3.77. The van der Waals surface area contributed by atoms with Crippen LogP contribution >= 0.6 is 0 Å². The van der Waals surface area contributed by atoms with Gasteiger partial charge in [-0.05, 0) is 45.4 Å². The van der Waals surface area contributed by atoms with Gasteiger partial charge in [0.2, 0.25) is 0 Å². The summed E-state index contributed by atoms with van der Waals surface area (Å²) < 4.78 is 5.86. The van der Waals surface area contributed by atoms with Crippen LogP contribution in [0.25, 0.3) is 0 Å². The smallest absolute Gasteiger partial charge is 0.254 e. The van der Waals surface area contributed by atoms with Crippen LogP contribution in [0.1, 0.15) is 51.1 Å². The van der Waals surface area contributed by atoms with Gasteiger partial charge in [0.15, 0.2) is 0 Å². The normalized spacial score (nSPS) is 28.0. The van der Waals surface area contributed by atoms with Crippen LogP contribution in [0.2, 0.25) is 0 Å². The second kappa shape index (κ2) is 5.96. The predicted molar refractivity (Wildman–Crippen MR) is 78.9 cm³/mol. The minimum atomic E-state index is -1.12. The van der Waals surface area contributed by atoms with Crippen LogP contribution in [0.15, 0.2) is 6.20 Å². The third-order valence-corrected chi connectivity index (χ3v) is 4.87. The van der Waals surface area contributed by atoms with Crippen molar-refractivity contribution >= 4 is 5.91 Å². The first-order chi connectivity index (χ1) is 10.6. The first kappa shape index (κ1) is 15.4. The largest absolute Gasteiger partial charge is 0.382 e. The van der Waals surface area contributed by atoms with Gasteiger partial charge < -0.3 is 14.7 Å². The maximum absolute atomic E-state index is 13.0. The lowest BCUT2D eigenvalue weighted by Gasteiger charge is -2.41. The molecule has 22 heavy (non-hydrogen) atoms. The summed E-state index contributed by atoms with van der Waals surface area (Å²) in [6.45, 7) is 3.38. The highest BCUT2D eigenvalue weighted by molar-refractivity contribution is 5.86. The molecule has 1 amide bonds. The van der Waals surface area contributed by atoms with E-state index in [1.165, 1.54) is 6.20 Å². The zero-order valence-electron chi connectivity index (χ0n) is 13.0. The minimum absolute atomic E-state index is 0.0217. The molecule has 2 aliphatic rings. The van der Waals surface area contributed by atoms with Crippen LogP contribution < -0.4 is 0 Å². The number of β-amino-alcohol motifs (C(OH)–C–C–N with tert-alkyl or cyclic N) is 1. The Morgan fingerprint density at radius 1 is 1.41 bits per heavy atom. The highest BCUT2D eigenvalue weighted by Crippen LogP contribution is 2.37. The summed E-state index contributed by atoms with van der Waals surface area (Å²) in [5.74, 6) is 0.0217. The van der Waals surface area contributed by atoms with E-state index < -0.39 is 11.2 Å². The van der Waals surface area contributed by atoms with E-state index in [4.69, 9.17) is 4.74 Å². The molecular formula is C15H24N4O3. The van der Waals surface area contributed by atoms with Gasteiger partial charge in [0, 0.05) is 13.2 Å². The minimum Gasteiger partial charge on any atom is -0.382 e. The molecule has 122 valence electrons. The number of piperidine rings is 1. The lowest BCUT2D eigenvalue weighted by Crippen LogP contribution is -2.56. The number of likely N-dealkylation sites (tertiary alicyclic amines) is 1. The number of aromatic amines is 1. The van der Waals surface area contributed by atoms with E-state index in [0.717, 1.165) is 32.1 Å². The fourth-order valence-corrected chi connectivity index (χ4v) is 3.77. The molecule has 2 N–H and O–H groups in total. The molecule has 0 spiro atoms. The summed E-state index contributed by atoms with van der Waals surface area (Å²) in [5, 5.41) is 21.2. The standard InChI is InChI=1S/C15H24N4O3/c1-2-22-15(7-3-4-8-15)13(20)19-9-5-6-14(21,11-19)12-10-16-18-17-12/h10,21H,2-9,11H2,1H3,(H,16,17,18)/t14-/m1/s1. The second-order valence-corrected chi connectivity index (χ2v) is 6.35. The molecule has 1 atom stereocenters. The molecule has 7 nitrogen and oxygen atoms in total. The molecule has 1 aromatic rings. The zero-order chi connectivity index (χ0) is 15.6. The zero-order valence-corrected chi connectivity index (χ0v) is 13.0. The number of nitrogens with zero attached hydrogens (tertiary/aromatic N) is 3. The van der Waals surface area contributed by atoms with E-state index in [1.807, 2.05) is 6.92 Å². The number of nitrogens with one attached hydrogen (secondary N) is 1. The van der Waals surface area contributed by atoms with Crippen molar-refractivity contribution in [3.05, 3.63) is 11.9 Å². The van der Waals surface area contributed by atoms with E-state index in [1.54, 1.807) is 4.90 Å². The lowest BCUT2D eigenvalue weighted by atomic mass is 9.88. The number of aliphatic hydroxyl groups is 1. The number of ether oxygens (including phenoxy) is 1. The van der Waals surface area contributed by atoms with Gasteiger partial charge in [-0.15, -0.1) is 0 Å². The SMILES string of the molecule is CCOC1(C(=O)N2CCC[C@](O)(c3cn[nH]n3)C2)CCCC1. The quantitative estimate of drug-likeness (QED) is 0.864. The molecule has 2 heterocycles. The van der Waals surface area contributed by atoms with Crippen molar-refractivity contribution in [2.75, 3.05) is 19.7 Å². The molecule has 1 aromatic heterocycles. The van der Waals surface area contributed by atoms with Crippen LogP contribution in [0.5, 0.6) is 0 Å². The van der Waals surface area contributed by atoms with Gasteiger partial charge in [-0.2, -0.15) is 15.4 Å². The van der Waals surface area contributed by atoms with Crippen molar-refractivity contribution in [2.45, 2.75) is 56.7 Å². The Bertz CT molecular complexity index is 513. The summed E-state index contributed by atoms with van der Waals surface area (Å²) in [7, 11) is 0. The molecule has 2 fully saturated rings. The van der Waals surface area contributed by atoms with Crippen molar-refractivity contribution in [1.29, 1.82) is 0 Å². The monoisotopic (exact) mass is 308 g/mol. The molecule has 1 saturated heterocycles. The maximum atomic E-state index is 13.0. The van der Waals surface area contributed by atoms with Crippen molar-refractivity contribution in [1.82, 2.24) is 20.3 Å². The Labute approximate surface area is 130 Å². The van der Waals surface area contributed by atoms with Gasteiger partial charge >= 0.3 is 0 Å². The van der Waals surface area contributed by atoms with Crippen molar-refractivity contribution < 1.29 is 14.6 Å². The van der Waals surface area contributed by atoms with Crippen LogP contribution in [-0.4, -0.2) is 56.6 Å². The van der Waals surface area contributed by atoms with Crippen molar-refractivity contribution in [3.8, 4) is 0 Å². The van der Waals surface area contributed by atoms with Crippen LogP contribution in [0, 0.1) is 0 Å². The van der Waals surface area contributed by atoms with Gasteiger partial charge in [0.1, 0.15) is 16.9 Å². The predicted octanol–water partition coefficient (Wildman–Crippen LogP) is 0.964. The summed E-state index contributed by atoms with van der Waals surface area (Å²) in [4.78, 5) is 14.8. The van der Waals surface area contributed by atoms with Crippen LogP contribution in [0.4, 0.5) is 0 Å². The Balaban J connectivity index is 1.78. The fraction of sp³-hybridized carbons (Fsp3) is 0.800. The molecule has 3 rings (SSSR count). The molecule has 0 unspecified atom stereocenters. The Morgan fingerprint density at radius 3 is 2.82 bits per heavy atom.